The minimum atomic E-state index is -0.934. The minimum absolute atomic E-state index is 0.697. The Morgan fingerprint density at radius 2 is 1.53 bits per heavy atom. The fourth-order valence-corrected chi connectivity index (χ4v) is 2.32. The van der Waals surface area contributed by atoms with Crippen LogP contribution in [0.4, 0.5) is 0 Å². The first-order chi connectivity index (χ1) is 9.24. The van der Waals surface area contributed by atoms with E-state index in [2.05, 4.69) is 29.6 Å². The summed E-state index contributed by atoms with van der Waals surface area (Å²) < 4.78 is 0. The van der Waals surface area contributed by atoms with Gasteiger partial charge in [0.25, 0.3) is 0 Å². The lowest BCUT2D eigenvalue weighted by atomic mass is 9.95. The Balaban J connectivity index is 1.96. The summed E-state index contributed by atoms with van der Waals surface area (Å²) >= 11 is 0. The normalized spacial score (nSPS) is 14.0. The molecule has 2 N–H and O–H groups in total. The third-order valence-electron chi connectivity index (χ3n) is 3.51. The molecule has 0 radical (unpaired) electrons. The summed E-state index contributed by atoms with van der Waals surface area (Å²) in [6, 6.07) is 20.2. The lowest BCUT2D eigenvalue weighted by molar-refractivity contribution is -0.00243. The molecule has 0 saturated carbocycles. The van der Waals surface area contributed by atoms with Gasteiger partial charge in [-0.2, -0.15) is 0 Å². The van der Waals surface area contributed by atoms with Gasteiger partial charge in [0, 0.05) is 0 Å². The molecule has 0 heterocycles. The van der Waals surface area contributed by atoms with Crippen LogP contribution in [0.1, 0.15) is 24.0 Å². The number of rotatable bonds is 6. The van der Waals surface area contributed by atoms with Gasteiger partial charge in [0.15, 0.2) is 0 Å². The average Bonchev–Trinajstić information content (AvgIpc) is 2.49. The van der Waals surface area contributed by atoms with Crippen LogP contribution in [0, 0.1) is 0 Å². The van der Waals surface area contributed by atoms with Crippen LogP contribution >= 0.6 is 0 Å². The van der Waals surface area contributed by atoms with Crippen molar-refractivity contribution in [1.29, 1.82) is 0 Å². The van der Waals surface area contributed by atoms with Gasteiger partial charge in [-0.15, -0.1) is 0 Å². The van der Waals surface area contributed by atoms with E-state index >= 15 is 0 Å². The second-order valence-electron chi connectivity index (χ2n) is 4.82. The van der Waals surface area contributed by atoms with Crippen molar-refractivity contribution in [3.63, 3.8) is 0 Å². The molecule has 19 heavy (non-hydrogen) atoms. The lowest BCUT2D eigenvalue weighted by Gasteiger charge is -2.28. The third kappa shape index (κ3) is 3.66. The molecule has 2 aromatic carbocycles. The van der Waals surface area contributed by atoms with Crippen molar-refractivity contribution in [2.45, 2.75) is 25.0 Å². The topological polar surface area (TPSA) is 32.3 Å². The van der Waals surface area contributed by atoms with Crippen molar-refractivity contribution in [2.75, 3.05) is 7.05 Å². The lowest BCUT2D eigenvalue weighted by Crippen LogP contribution is -2.39. The molecule has 0 fully saturated rings. The number of hydrogen-bond acceptors (Lipinski definition) is 2. The summed E-state index contributed by atoms with van der Waals surface area (Å²) in [5.74, 6) is 0. The van der Waals surface area contributed by atoms with Gasteiger partial charge in [0.1, 0.15) is 5.72 Å². The molecular weight excluding hydrogens is 234 g/mol. The molecular formula is C17H21NO. The van der Waals surface area contributed by atoms with Gasteiger partial charge in [0.05, 0.1) is 0 Å². The second kappa shape index (κ2) is 6.50. The molecule has 100 valence electrons. The van der Waals surface area contributed by atoms with E-state index in [1.54, 1.807) is 7.05 Å². The molecule has 2 aromatic rings. The average molecular weight is 255 g/mol. The summed E-state index contributed by atoms with van der Waals surface area (Å²) in [6.07, 6.45) is 2.62. The highest BCUT2D eigenvalue weighted by molar-refractivity contribution is 5.21. The molecule has 2 heteroatoms. The zero-order chi connectivity index (χ0) is 13.6. The predicted octanol–water partition coefficient (Wildman–Crippen LogP) is 3.07. The van der Waals surface area contributed by atoms with Gasteiger partial charge in [0.2, 0.25) is 0 Å². The van der Waals surface area contributed by atoms with Crippen LogP contribution in [0.25, 0.3) is 0 Å². The van der Waals surface area contributed by atoms with Crippen LogP contribution in [-0.2, 0) is 12.1 Å². The monoisotopic (exact) mass is 255 g/mol. The number of hydrogen-bond donors (Lipinski definition) is 2. The van der Waals surface area contributed by atoms with E-state index in [0.717, 1.165) is 18.4 Å². The van der Waals surface area contributed by atoms with Crippen LogP contribution in [0.15, 0.2) is 60.7 Å². The fourth-order valence-electron chi connectivity index (χ4n) is 2.32. The first-order valence-corrected chi connectivity index (χ1v) is 6.75. The highest BCUT2D eigenvalue weighted by Crippen LogP contribution is 2.23. The van der Waals surface area contributed by atoms with E-state index in [9.17, 15) is 5.11 Å². The highest BCUT2D eigenvalue weighted by Gasteiger charge is 2.25. The van der Waals surface area contributed by atoms with Crippen molar-refractivity contribution in [2.24, 2.45) is 0 Å². The Morgan fingerprint density at radius 1 is 0.947 bits per heavy atom. The van der Waals surface area contributed by atoms with Crippen molar-refractivity contribution in [3.8, 4) is 0 Å². The maximum atomic E-state index is 10.7. The summed E-state index contributed by atoms with van der Waals surface area (Å²) in [4.78, 5) is 0. The second-order valence-corrected chi connectivity index (χ2v) is 4.82. The molecule has 0 aliphatic rings. The van der Waals surface area contributed by atoms with E-state index in [-0.39, 0.29) is 0 Å². The molecule has 0 spiro atoms. The highest BCUT2D eigenvalue weighted by atomic mass is 16.3. The van der Waals surface area contributed by atoms with E-state index in [0.29, 0.717) is 6.42 Å². The van der Waals surface area contributed by atoms with Gasteiger partial charge in [-0.25, -0.2) is 0 Å². The number of benzene rings is 2. The molecule has 1 unspecified atom stereocenters. The standard InChI is InChI=1S/C17H21NO/c1-18-17(19,16-12-6-3-7-13-16)14-8-11-15-9-4-2-5-10-15/h2-7,9-10,12-13,18-19H,8,11,14H2,1H3. The van der Waals surface area contributed by atoms with Gasteiger partial charge in [-0.1, -0.05) is 60.7 Å². The summed E-state index contributed by atoms with van der Waals surface area (Å²) in [5, 5.41) is 13.7. The van der Waals surface area contributed by atoms with Crippen LogP contribution in [0.2, 0.25) is 0 Å². The Labute approximate surface area is 115 Å². The van der Waals surface area contributed by atoms with Crippen LogP contribution in [-0.4, -0.2) is 12.2 Å². The zero-order valence-corrected chi connectivity index (χ0v) is 11.3. The van der Waals surface area contributed by atoms with Crippen LogP contribution in [0.5, 0.6) is 0 Å². The van der Waals surface area contributed by atoms with Gasteiger partial charge >= 0.3 is 0 Å². The van der Waals surface area contributed by atoms with Crippen molar-refractivity contribution in [1.82, 2.24) is 5.32 Å². The molecule has 2 rings (SSSR count). The molecule has 2 nitrogen and oxygen atoms in total. The van der Waals surface area contributed by atoms with Gasteiger partial charge in [-0.3, -0.25) is 5.32 Å². The molecule has 0 aromatic heterocycles. The molecule has 0 bridgehead atoms. The Hall–Kier alpha value is -1.64. The maximum Gasteiger partial charge on any atom is 0.141 e. The summed E-state index contributed by atoms with van der Waals surface area (Å²) in [5.41, 5.74) is 1.30. The Bertz CT molecular complexity index is 483. The van der Waals surface area contributed by atoms with Gasteiger partial charge < -0.3 is 5.11 Å². The number of aliphatic hydroxyl groups is 1. The quantitative estimate of drug-likeness (QED) is 0.777. The predicted molar refractivity (Wildman–Crippen MR) is 78.8 cm³/mol. The van der Waals surface area contributed by atoms with Gasteiger partial charge in [-0.05, 0) is 37.4 Å². The van der Waals surface area contributed by atoms with E-state index in [1.807, 2.05) is 36.4 Å². The fraction of sp³-hybridized carbons (Fsp3) is 0.294. The molecule has 0 saturated heterocycles. The summed E-state index contributed by atoms with van der Waals surface area (Å²) in [7, 11) is 1.80. The largest absolute Gasteiger partial charge is 0.372 e. The minimum Gasteiger partial charge on any atom is -0.372 e. The molecule has 0 aliphatic heterocycles. The van der Waals surface area contributed by atoms with E-state index < -0.39 is 5.72 Å². The smallest absolute Gasteiger partial charge is 0.141 e. The van der Waals surface area contributed by atoms with Crippen LogP contribution in [0.3, 0.4) is 0 Å². The Kier molecular flexibility index (Phi) is 4.72. The van der Waals surface area contributed by atoms with Crippen molar-refractivity contribution < 1.29 is 5.11 Å². The van der Waals surface area contributed by atoms with E-state index in [1.165, 1.54) is 5.56 Å². The van der Waals surface area contributed by atoms with Crippen molar-refractivity contribution >= 4 is 0 Å². The molecule has 0 amide bonds. The number of aryl methyl sites for hydroxylation is 1. The van der Waals surface area contributed by atoms with Crippen molar-refractivity contribution in [3.05, 3.63) is 71.8 Å². The maximum absolute atomic E-state index is 10.7. The Morgan fingerprint density at radius 3 is 2.11 bits per heavy atom. The zero-order valence-electron chi connectivity index (χ0n) is 11.3. The molecule has 1 atom stereocenters. The molecule has 0 aliphatic carbocycles. The third-order valence-corrected chi connectivity index (χ3v) is 3.51. The first-order valence-electron chi connectivity index (χ1n) is 6.75. The van der Waals surface area contributed by atoms with E-state index in [4.69, 9.17) is 0 Å². The SMILES string of the molecule is CNC(O)(CCCc1ccccc1)c1ccccc1. The first kappa shape index (κ1) is 13.8. The number of nitrogens with one attached hydrogen (secondary N) is 1. The van der Waals surface area contributed by atoms with Crippen LogP contribution < -0.4 is 5.32 Å². The summed E-state index contributed by atoms with van der Waals surface area (Å²) in [6.45, 7) is 0.